The molecule has 0 spiro atoms. The molecule has 0 aromatic rings. The van der Waals surface area contributed by atoms with Gasteiger partial charge in [-0.3, -0.25) is 14.5 Å². The summed E-state index contributed by atoms with van der Waals surface area (Å²) in [5.74, 6) is -0.697. The van der Waals surface area contributed by atoms with Crippen molar-refractivity contribution in [3.8, 4) is 0 Å². The maximum Gasteiger partial charge on any atom is 0.310 e. The lowest BCUT2D eigenvalue weighted by atomic mass is 9.84. The lowest BCUT2D eigenvalue weighted by Crippen LogP contribution is -2.41. The van der Waals surface area contributed by atoms with Crippen LogP contribution in [0.5, 0.6) is 0 Å². The second-order valence-corrected chi connectivity index (χ2v) is 5.76. The van der Waals surface area contributed by atoms with Gasteiger partial charge in [-0.05, 0) is 33.2 Å². The number of carbonyl (C=O) groups is 2. The van der Waals surface area contributed by atoms with Crippen LogP contribution in [0.1, 0.15) is 33.6 Å². The first-order valence-electron chi connectivity index (χ1n) is 7.22. The van der Waals surface area contributed by atoms with Crippen molar-refractivity contribution in [1.82, 2.24) is 9.80 Å². The molecule has 1 amide bonds. The van der Waals surface area contributed by atoms with Crippen molar-refractivity contribution in [3.05, 3.63) is 12.2 Å². The highest BCUT2D eigenvalue weighted by Gasteiger charge is 2.43. The van der Waals surface area contributed by atoms with Gasteiger partial charge >= 0.3 is 5.97 Å². The van der Waals surface area contributed by atoms with Crippen molar-refractivity contribution >= 4 is 11.9 Å². The van der Waals surface area contributed by atoms with Crippen LogP contribution >= 0.6 is 0 Å². The number of nitrogens with zero attached hydrogens (tertiary/aromatic N) is 2. The molecule has 0 bridgehead atoms. The molecule has 20 heavy (non-hydrogen) atoms. The lowest BCUT2D eigenvalue weighted by Gasteiger charge is -2.26. The number of hydrogen-bond donors (Lipinski definition) is 1. The number of likely N-dealkylation sites (N-methyl/N-ethyl adjacent to an activating group) is 1. The molecule has 1 aliphatic rings. The van der Waals surface area contributed by atoms with Gasteiger partial charge in [0.2, 0.25) is 5.91 Å². The molecule has 5 nitrogen and oxygen atoms in total. The Labute approximate surface area is 121 Å². The fraction of sp³-hybridized carbons (Fsp3) is 0.733. The SMILES string of the molecule is C=C(C)CN(CC)C(=O)CN1CCC(CC)(C(=O)O)C1. The van der Waals surface area contributed by atoms with Gasteiger partial charge in [0.1, 0.15) is 0 Å². The molecule has 1 saturated heterocycles. The molecule has 0 aromatic heterocycles. The summed E-state index contributed by atoms with van der Waals surface area (Å²) in [6.45, 7) is 12.2. The Kier molecular flexibility index (Phi) is 5.74. The van der Waals surface area contributed by atoms with Crippen molar-refractivity contribution in [2.45, 2.75) is 33.6 Å². The second kappa shape index (κ2) is 6.88. The average Bonchev–Trinajstić information content (AvgIpc) is 2.80. The Morgan fingerprint density at radius 2 is 2.05 bits per heavy atom. The zero-order valence-electron chi connectivity index (χ0n) is 12.8. The van der Waals surface area contributed by atoms with E-state index < -0.39 is 11.4 Å². The highest BCUT2D eigenvalue weighted by atomic mass is 16.4. The fourth-order valence-electron chi connectivity index (χ4n) is 2.70. The normalized spacial score (nSPS) is 22.8. The predicted molar refractivity (Wildman–Crippen MR) is 78.5 cm³/mol. The molecule has 1 unspecified atom stereocenters. The summed E-state index contributed by atoms with van der Waals surface area (Å²) >= 11 is 0. The summed E-state index contributed by atoms with van der Waals surface area (Å²) < 4.78 is 0. The highest BCUT2D eigenvalue weighted by Crippen LogP contribution is 2.33. The van der Waals surface area contributed by atoms with Crippen LogP contribution in [-0.2, 0) is 9.59 Å². The minimum Gasteiger partial charge on any atom is -0.481 e. The second-order valence-electron chi connectivity index (χ2n) is 5.76. The highest BCUT2D eigenvalue weighted by molar-refractivity contribution is 5.79. The van der Waals surface area contributed by atoms with Crippen LogP contribution < -0.4 is 0 Å². The van der Waals surface area contributed by atoms with E-state index in [9.17, 15) is 14.7 Å². The van der Waals surface area contributed by atoms with E-state index in [1.54, 1.807) is 4.90 Å². The topological polar surface area (TPSA) is 60.9 Å². The minimum atomic E-state index is -0.746. The van der Waals surface area contributed by atoms with Crippen LogP contribution in [0.3, 0.4) is 0 Å². The standard InChI is InChI=1S/C15H26N2O3/c1-5-15(14(19)20)7-8-16(11-15)10-13(18)17(6-2)9-12(3)4/h3,5-11H2,1-2,4H3,(H,19,20). The first-order chi connectivity index (χ1) is 9.34. The minimum absolute atomic E-state index is 0.0489. The van der Waals surface area contributed by atoms with Crippen LogP contribution in [0.4, 0.5) is 0 Å². The Morgan fingerprint density at radius 3 is 2.45 bits per heavy atom. The van der Waals surface area contributed by atoms with E-state index >= 15 is 0 Å². The van der Waals surface area contributed by atoms with E-state index in [4.69, 9.17) is 0 Å². The number of hydrogen-bond acceptors (Lipinski definition) is 3. The smallest absolute Gasteiger partial charge is 0.310 e. The monoisotopic (exact) mass is 282 g/mol. The predicted octanol–water partition coefficient (Wildman–Crippen LogP) is 1.60. The Bertz CT molecular complexity index is 395. The van der Waals surface area contributed by atoms with Crippen LogP contribution in [0.2, 0.25) is 0 Å². The van der Waals surface area contributed by atoms with Gasteiger partial charge in [0.25, 0.3) is 0 Å². The van der Waals surface area contributed by atoms with E-state index in [1.165, 1.54) is 0 Å². The summed E-state index contributed by atoms with van der Waals surface area (Å²) in [4.78, 5) is 27.3. The zero-order valence-corrected chi connectivity index (χ0v) is 12.8. The molecule has 1 aliphatic heterocycles. The maximum absolute atomic E-state index is 12.2. The molecular formula is C15H26N2O3. The Morgan fingerprint density at radius 1 is 1.40 bits per heavy atom. The molecule has 114 valence electrons. The molecule has 0 aromatic carbocycles. The molecule has 1 rings (SSSR count). The molecular weight excluding hydrogens is 256 g/mol. The van der Waals surface area contributed by atoms with Gasteiger partial charge in [-0.2, -0.15) is 0 Å². The molecule has 0 radical (unpaired) electrons. The third kappa shape index (κ3) is 3.82. The number of aliphatic carboxylic acids is 1. The quantitative estimate of drug-likeness (QED) is 0.721. The largest absolute Gasteiger partial charge is 0.481 e. The zero-order chi connectivity index (χ0) is 15.3. The Hall–Kier alpha value is -1.36. The number of carboxylic acid groups (broad SMARTS) is 1. The number of carbonyl (C=O) groups excluding carboxylic acids is 1. The molecule has 1 atom stereocenters. The summed E-state index contributed by atoms with van der Waals surface area (Å²) in [6, 6.07) is 0. The van der Waals surface area contributed by atoms with Crippen molar-refractivity contribution in [3.63, 3.8) is 0 Å². The fourth-order valence-corrected chi connectivity index (χ4v) is 2.70. The van der Waals surface area contributed by atoms with Gasteiger partial charge in [-0.15, -0.1) is 0 Å². The molecule has 0 saturated carbocycles. The van der Waals surface area contributed by atoms with Crippen LogP contribution in [0, 0.1) is 5.41 Å². The lowest BCUT2D eigenvalue weighted by molar-refractivity contribution is -0.148. The van der Waals surface area contributed by atoms with Crippen LogP contribution in [-0.4, -0.2) is 59.5 Å². The molecule has 5 heteroatoms. The van der Waals surface area contributed by atoms with Gasteiger partial charge in [0.05, 0.1) is 12.0 Å². The maximum atomic E-state index is 12.2. The van der Waals surface area contributed by atoms with Gasteiger partial charge in [-0.1, -0.05) is 19.1 Å². The summed E-state index contributed by atoms with van der Waals surface area (Å²) in [7, 11) is 0. The van der Waals surface area contributed by atoms with Gasteiger partial charge in [0.15, 0.2) is 0 Å². The van der Waals surface area contributed by atoms with E-state index in [0.29, 0.717) is 45.6 Å². The number of amides is 1. The summed E-state index contributed by atoms with van der Waals surface area (Å²) in [5.41, 5.74) is 0.279. The first-order valence-corrected chi connectivity index (χ1v) is 7.22. The first kappa shape index (κ1) is 16.7. The summed E-state index contributed by atoms with van der Waals surface area (Å²) in [6.07, 6.45) is 1.23. The van der Waals surface area contributed by atoms with Gasteiger partial charge in [0, 0.05) is 19.6 Å². The van der Waals surface area contributed by atoms with Gasteiger partial charge in [-0.25, -0.2) is 0 Å². The van der Waals surface area contributed by atoms with Crippen LogP contribution in [0.15, 0.2) is 12.2 Å². The third-order valence-electron chi connectivity index (χ3n) is 4.12. The van der Waals surface area contributed by atoms with Crippen LogP contribution in [0.25, 0.3) is 0 Å². The van der Waals surface area contributed by atoms with E-state index in [2.05, 4.69) is 6.58 Å². The average molecular weight is 282 g/mol. The number of rotatable bonds is 7. The Balaban J connectivity index is 2.60. The number of carboxylic acids is 1. The number of likely N-dealkylation sites (tertiary alicyclic amines) is 1. The summed E-state index contributed by atoms with van der Waals surface area (Å²) in [5, 5.41) is 9.36. The molecule has 1 N–H and O–H groups in total. The van der Waals surface area contributed by atoms with Crippen molar-refractivity contribution in [1.29, 1.82) is 0 Å². The molecule has 0 aliphatic carbocycles. The molecule has 1 fully saturated rings. The third-order valence-corrected chi connectivity index (χ3v) is 4.12. The molecule has 1 heterocycles. The van der Waals surface area contributed by atoms with Gasteiger partial charge < -0.3 is 10.0 Å². The van der Waals surface area contributed by atoms with E-state index in [1.807, 2.05) is 25.7 Å². The van der Waals surface area contributed by atoms with Crippen molar-refractivity contribution in [2.75, 3.05) is 32.7 Å². The van der Waals surface area contributed by atoms with Crippen molar-refractivity contribution < 1.29 is 14.7 Å². The van der Waals surface area contributed by atoms with E-state index in [0.717, 1.165) is 5.57 Å². The van der Waals surface area contributed by atoms with Crippen molar-refractivity contribution in [2.24, 2.45) is 5.41 Å². The van der Waals surface area contributed by atoms with E-state index in [-0.39, 0.29) is 5.91 Å².